The number of amides is 2. The van der Waals surface area contributed by atoms with Crippen LogP contribution >= 0.6 is 0 Å². The number of hydrogen-bond acceptors (Lipinski definition) is 2. The van der Waals surface area contributed by atoms with E-state index in [4.69, 9.17) is 0 Å². The van der Waals surface area contributed by atoms with Crippen LogP contribution in [0.4, 0.5) is 13.6 Å². The smallest absolute Gasteiger partial charge is 0.317 e. The van der Waals surface area contributed by atoms with Gasteiger partial charge in [-0.3, -0.25) is 4.90 Å². The van der Waals surface area contributed by atoms with Gasteiger partial charge in [0.25, 0.3) is 5.92 Å². The molecule has 1 N–H and O–H groups in total. The Bertz CT molecular complexity index is 655. The average molecular weight is 408 g/mol. The molecule has 1 aromatic rings. The molecule has 2 heterocycles. The number of nitrogens with zero attached hydrogens (tertiary/aromatic N) is 2. The molecule has 4 nitrogen and oxygen atoms in total. The first-order chi connectivity index (χ1) is 13.8. The van der Waals surface area contributed by atoms with E-state index in [1.165, 1.54) is 5.56 Å². The Hall–Kier alpha value is -1.69. The molecule has 0 aliphatic carbocycles. The molecule has 6 heteroatoms. The molecule has 0 saturated carbocycles. The second-order valence-electron chi connectivity index (χ2n) is 9.03. The number of carbonyl (C=O) groups is 1. The third kappa shape index (κ3) is 5.68. The summed E-state index contributed by atoms with van der Waals surface area (Å²) in [5, 5.41) is 3.08. The Morgan fingerprint density at radius 2 is 1.79 bits per heavy atom. The lowest BCUT2D eigenvalue weighted by Gasteiger charge is -2.53. The van der Waals surface area contributed by atoms with Crippen LogP contribution in [0.5, 0.6) is 0 Å². The van der Waals surface area contributed by atoms with Gasteiger partial charge in [-0.25, -0.2) is 13.6 Å². The quantitative estimate of drug-likeness (QED) is 0.694. The molecule has 0 spiro atoms. The van der Waals surface area contributed by atoms with Crippen molar-refractivity contribution < 1.29 is 13.6 Å². The molecule has 162 valence electrons. The van der Waals surface area contributed by atoms with Crippen molar-refractivity contribution in [2.45, 2.75) is 76.3 Å². The van der Waals surface area contributed by atoms with Crippen LogP contribution in [-0.2, 0) is 6.42 Å². The van der Waals surface area contributed by atoms with Crippen molar-refractivity contribution in [3.63, 3.8) is 0 Å². The Balaban J connectivity index is 1.46. The number of carbonyl (C=O) groups excluding carboxylic acids is 1. The predicted octanol–water partition coefficient (Wildman–Crippen LogP) is 4.69. The van der Waals surface area contributed by atoms with E-state index in [2.05, 4.69) is 48.3 Å². The molecular weight excluding hydrogens is 372 g/mol. The topological polar surface area (TPSA) is 35.6 Å². The number of aryl methyl sites for hydroxylation is 1. The maximum absolute atomic E-state index is 13.6. The van der Waals surface area contributed by atoms with Crippen molar-refractivity contribution >= 4 is 6.03 Å². The van der Waals surface area contributed by atoms with E-state index < -0.39 is 5.92 Å². The van der Waals surface area contributed by atoms with E-state index in [0.29, 0.717) is 19.6 Å². The number of likely N-dealkylation sites (tertiary alicyclic amines) is 2. The second-order valence-corrected chi connectivity index (χ2v) is 9.03. The average Bonchev–Trinajstić information content (AvgIpc) is 2.68. The fraction of sp³-hybridized carbons (Fsp3) is 0.696. The summed E-state index contributed by atoms with van der Waals surface area (Å²) in [6, 6.07) is 10.5. The molecule has 2 saturated heterocycles. The number of hydrogen-bond donors (Lipinski definition) is 1. The molecule has 0 bridgehead atoms. The van der Waals surface area contributed by atoms with Gasteiger partial charge >= 0.3 is 6.03 Å². The van der Waals surface area contributed by atoms with Crippen LogP contribution in [0.1, 0.15) is 57.9 Å². The monoisotopic (exact) mass is 407 g/mol. The molecular formula is C23H35F2N3O. The van der Waals surface area contributed by atoms with Crippen molar-refractivity contribution in [2.24, 2.45) is 0 Å². The van der Waals surface area contributed by atoms with Crippen LogP contribution in [0.3, 0.4) is 0 Å². The van der Waals surface area contributed by atoms with Crippen molar-refractivity contribution in [1.82, 2.24) is 15.1 Å². The minimum absolute atomic E-state index is 0.0262. The van der Waals surface area contributed by atoms with Crippen LogP contribution in [-0.4, -0.2) is 59.5 Å². The van der Waals surface area contributed by atoms with E-state index in [-0.39, 0.29) is 30.5 Å². The summed E-state index contributed by atoms with van der Waals surface area (Å²) in [5.74, 6) is -2.54. The Morgan fingerprint density at radius 1 is 1.10 bits per heavy atom. The zero-order chi connectivity index (χ0) is 20.9. The molecule has 2 aliphatic rings. The summed E-state index contributed by atoms with van der Waals surface area (Å²) in [6.07, 6.45) is 4.73. The number of benzene rings is 1. The van der Waals surface area contributed by atoms with Gasteiger partial charge in [-0.05, 0) is 51.5 Å². The molecule has 1 aromatic carbocycles. The number of unbranched alkanes of at least 4 members (excludes halogenated alkanes) is 1. The number of urea groups is 1. The van der Waals surface area contributed by atoms with Crippen LogP contribution in [0.15, 0.2) is 30.3 Å². The first-order valence-electron chi connectivity index (χ1n) is 11.0. The normalized spacial score (nSPS) is 24.3. The third-order valence-corrected chi connectivity index (χ3v) is 6.60. The number of piperidine rings is 2. The highest BCUT2D eigenvalue weighted by molar-refractivity contribution is 5.75. The van der Waals surface area contributed by atoms with Gasteiger partial charge in [-0.1, -0.05) is 30.3 Å². The molecule has 3 rings (SSSR count). The maximum atomic E-state index is 13.6. The highest BCUT2D eigenvalue weighted by atomic mass is 19.3. The zero-order valence-corrected chi connectivity index (χ0v) is 17.8. The first kappa shape index (κ1) is 22.0. The highest BCUT2D eigenvalue weighted by Crippen LogP contribution is 2.36. The molecule has 2 amide bonds. The van der Waals surface area contributed by atoms with Crippen LogP contribution in [0, 0.1) is 0 Å². The predicted molar refractivity (Wildman–Crippen MR) is 112 cm³/mol. The fourth-order valence-electron chi connectivity index (χ4n) is 4.81. The van der Waals surface area contributed by atoms with E-state index in [9.17, 15) is 13.6 Å². The third-order valence-electron chi connectivity index (χ3n) is 6.60. The van der Waals surface area contributed by atoms with Gasteiger partial charge < -0.3 is 10.2 Å². The largest absolute Gasteiger partial charge is 0.338 e. The summed E-state index contributed by atoms with van der Waals surface area (Å²) >= 11 is 0. The van der Waals surface area contributed by atoms with Crippen LogP contribution in [0.2, 0.25) is 0 Å². The summed E-state index contributed by atoms with van der Waals surface area (Å²) in [5.41, 5.74) is 0.963. The van der Waals surface area contributed by atoms with Crippen molar-refractivity contribution in [1.29, 1.82) is 0 Å². The summed E-state index contributed by atoms with van der Waals surface area (Å²) in [7, 11) is 0. The lowest BCUT2D eigenvalue weighted by atomic mass is 9.83. The summed E-state index contributed by atoms with van der Waals surface area (Å²) < 4.78 is 27.1. The molecule has 2 fully saturated rings. The lowest BCUT2D eigenvalue weighted by Crippen LogP contribution is -2.66. The Morgan fingerprint density at radius 3 is 2.48 bits per heavy atom. The van der Waals surface area contributed by atoms with Crippen molar-refractivity contribution in [3.8, 4) is 0 Å². The minimum Gasteiger partial charge on any atom is -0.338 e. The van der Waals surface area contributed by atoms with Gasteiger partial charge in [-0.15, -0.1) is 0 Å². The van der Waals surface area contributed by atoms with Gasteiger partial charge in [0, 0.05) is 45.1 Å². The highest BCUT2D eigenvalue weighted by Gasteiger charge is 2.46. The molecule has 2 aliphatic heterocycles. The van der Waals surface area contributed by atoms with Crippen LogP contribution in [0.25, 0.3) is 0 Å². The summed E-state index contributed by atoms with van der Waals surface area (Å²) in [4.78, 5) is 17.0. The lowest BCUT2D eigenvalue weighted by molar-refractivity contribution is -0.0836. The van der Waals surface area contributed by atoms with E-state index in [0.717, 1.165) is 38.6 Å². The molecule has 29 heavy (non-hydrogen) atoms. The first-order valence-corrected chi connectivity index (χ1v) is 11.0. The molecule has 1 unspecified atom stereocenters. The molecule has 0 aromatic heterocycles. The standard InChI is InChI=1S/C23H35F2N3O/c1-22(2)20(27-17-13-23(24,25)14-18-27)12-8-16-28(22)21(29)26-15-7-6-11-19-9-4-3-5-10-19/h3-5,9-10,20H,6-8,11-18H2,1-2H3,(H,26,29). The number of alkyl halides is 2. The SMILES string of the molecule is CC1(C)C(N2CCC(F)(F)CC2)CCCN1C(=O)NCCCCc1ccccc1. The number of nitrogens with one attached hydrogen (secondary N) is 1. The van der Waals surface area contributed by atoms with E-state index in [1.54, 1.807) is 0 Å². The number of halogens is 2. The zero-order valence-electron chi connectivity index (χ0n) is 17.8. The van der Waals surface area contributed by atoms with Gasteiger partial charge in [-0.2, -0.15) is 0 Å². The fourth-order valence-corrected chi connectivity index (χ4v) is 4.81. The maximum Gasteiger partial charge on any atom is 0.317 e. The second kappa shape index (κ2) is 9.41. The molecule has 0 radical (unpaired) electrons. The van der Waals surface area contributed by atoms with Crippen molar-refractivity contribution in [2.75, 3.05) is 26.2 Å². The van der Waals surface area contributed by atoms with Gasteiger partial charge in [0.2, 0.25) is 0 Å². The van der Waals surface area contributed by atoms with Gasteiger partial charge in [0.05, 0.1) is 5.54 Å². The Labute approximate surface area is 173 Å². The van der Waals surface area contributed by atoms with E-state index in [1.807, 2.05) is 11.0 Å². The van der Waals surface area contributed by atoms with E-state index >= 15 is 0 Å². The van der Waals surface area contributed by atoms with Gasteiger partial charge in [0.15, 0.2) is 0 Å². The summed E-state index contributed by atoms with van der Waals surface area (Å²) in [6.45, 7) is 6.38. The Kier molecular flexibility index (Phi) is 7.14. The molecule has 1 atom stereocenters. The van der Waals surface area contributed by atoms with Gasteiger partial charge in [0.1, 0.15) is 0 Å². The van der Waals surface area contributed by atoms with Crippen LogP contribution < -0.4 is 5.32 Å². The minimum atomic E-state index is -2.54. The van der Waals surface area contributed by atoms with Crippen molar-refractivity contribution in [3.05, 3.63) is 35.9 Å². The number of rotatable bonds is 6.